The zero-order chi connectivity index (χ0) is 11.4. The van der Waals surface area contributed by atoms with Crippen LogP contribution in [0.15, 0.2) is 0 Å². The van der Waals surface area contributed by atoms with Gasteiger partial charge in [0.25, 0.3) is 0 Å². The summed E-state index contributed by atoms with van der Waals surface area (Å²) in [6, 6.07) is 0. The third-order valence-corrected chi connectivity index (χ3v) is 5.74. The van der Waals surface area contributed by atoms with Crippen molar-refractivity contribution >= 4 is 23.1 Å². The molecule has 1 aromatic rings. The van der Waals surface area contributed by atoms with Crippen LogP contribution in [0.25, 0.3) is 0 Å². The lowest BCUT2D eigenvalue weighted by Crippen LogP contribution is -2.04. The summed E-state index contributed by atoms with van der Waals surface area (Å²) < 4.78 is 0. The van der Waals surface area contributed by atoms with E-state index in [0.717, 1.165) is 17.5 Å². The molecule has 1 aliphatic rings. The van der Waals surface area contributed by atoms with Crippen LogP contribution < -0.4 is 5.32 Å². The molecule has 0 unspecified atom stereocenters. The van der Waals surface area contributed by atoms with Crippen LogP contribution in [0, 0.1) is 6.92 Å². The summed E-state index contributed by atoms with van der Waals surface area (Å²) in [7, 11) is 1.99. The highest BCUT2D eigenvalue weighted by molar-refractivity contribution is 7.99. The molecule has 1 aliphatic carbocycles. The van der Waals surface area contributed by atoms with E-state index >= 15 is 0 Å². The molecule has 16 heavy (non-hydrogen) atoms. The maximum atomic E-state index is 4.65. The van der Waals surface area contributed by atoms with E-state index in [-0.39, 0.29) is 0 Å². The third-order valence-electron chi connectivity index (χ3n) is 3.02. The standard InChI is InChI=1S/C12H20N2S2/c1-9-11(7-13-2)16-12(14-9)8-15-10-5-3-4-6-10/h10,13H,3-8H2,1-2H3. The average molecular weight is 256 g/mol. The lowest BCUT2D eigenvalue weighted by Gasteiger charge is -2.05. The molecular weight excluding hydrogens is 236 g/mol. The maximum absolute atomic E-state index is 4.65. The van der Waals surface area contributed by atoms with Crippen LogP contribution >= 0.6 is 23.1 Å². The summed E-state index contributed by atoms with van der Waals surface area (Å²) in [6.45, 7) is 3.07. The Balaban J connectivity index is 1.86. The fourth-order valence-electron chi connectivity index (χ4n) is 2.12. The van der Waals surface area contributed by atoms with E-state index in [1.54, 1.807) is 0 Å². The molecule has 0 bridgehead atoms. The van der Waals surface area contributed by atoms with Crippen molar-refractivity contribution in [2.75, 3.05) is 7.05 Å². The Hall–Kier alpha value is -0.0600. The van der Waals surface area contributed by atoms with Gasteiger partial charge in [0.05, 0.1) is 5.69 Å². The van der Waals surface area contributed by atoms with Crippen LogP contribution in [0.1, 0.15) is 41.3 Å². The summed E-state index contributed by atoms with van der Waals surface area (Å²) in [6.07, 6.45) is 5.69. The first-order valence-electron chi connectivity index (χ1n) is 6.01. The van der Waals surface area contributed by atoms with Crippen molar-refractivity contribution in [3.63, 3.8) is 0 Å². The highest BCUT2D eigenvalue weighted by Gasteiger charge is 2.16. The summed E-state index contributed by atoms with van der Waals surface area (Å²) in [5, 5.41) is 5.40. The van der Waals surface area contributed by atoms with Gasteiger partial charge in [-0.2, -0.15) is 11.8 Å². The monoisotopic (exact) mass is 256 g/mol. The number of thiazole rings is 1. The van der Waals surface area contributed by atoms with Crippen molar-refractivity contribution in [2.24, 2.45) is 0 Å². The first-order chi connectivity index (χ1) is 7.79. The molecule has 1 fully saturated rings. The van der Waals surface area contributed by atoms with Gasteiger partial charge in [0.1, 0.15) is 5.01 Å². The average Bonchev–Trinajstić information content (AvgIpc) is 2.87. The second kappa shape index (κ2) is 6.03. The minimum absolute atomic E-state index is 0.900. The van der Waals surface area contributed by atoms with Crippen molar-refractivity contribution in [3.05, 3.63) is 15.6 Å². The molecule has 0 radical (unpaired) electrons. The molecule has 0 aromatic carbocycles. The van der Waals surface area contributed by atoms with E-state index < -0.39 is 0 Å². The SMILES string of the molecule is CNCc1sc(CSC2CCCC2)nc1C. The molecule has 2 rings (SSSR count). The molecule has 1 aromatic heterocycles. The predicted octanol–water partition coefficient (Wildman–Crippen LogP) is 3.35. The summed E-state index contributed by atoms with van der Waals surface area (Å²) >= 11 is 3.98. The van der Waals surface area contributed by atoms with Crippen LogP contribution in [0.5, 0.6) is 0 Å². The summed E-state index contributed by atoms with van der Waals surface area (Å²) in [5.74, 6) is 1.11. The van der Waals surface area contributed by atoms with Gasteiger partial charge in [-0.25, -0.2) is 4.98 Å². The van der Waals surface area contributed by atoms with E-state index in [9.17, 15) is 0 Å². The van der Waals surface area contributed by atoms with Crippen LogP contribution in [0.2, 0.25) is 0 Å². The van der Waals surface area contributed by atoms with Crippen LogP contribution in [0.4, 0.5) is 0 Å². The maximum Gasteiger partial charge on any atom is 0.103 e. The topological polar surface area (TPSA) is 24.9 Å². The quantitative estimate of drug-likeness (QED) is 0.874. The molecule has 4 heteroatoms. The molecular formula is C12H20N2S2. The number of hydrogen-bond donors (Lipinski definition) is 1. The smallest absolute Gasteiger partial charge is 0.103 e. The Morgan fingerprint density at radius 3 is 2.88 bits per heavy atom. The minimum Gasteiger partial charge on any atom is -0.315 e. The Kier molecular flexibility index (Phi) is 4.67. The molecule has 1 heterocycles. The second-order valence-corrected chi connectivity index (χ2v) is 6.82. The molecule has 1 saturated carbocycles. The first-order valence-corrected chi connectivity index (χ1v) is 7.87. The van der Waals surface area contributed by atoms with E-state index in [4.69, 9.17) is 0 Å². The van der Waals surface area contributed by atoms with Crippen LogP contribution in [0.3, 0.4) is 0 Å². The van der Waals surface area contributed by atoms with Crippen LogP contribution in [-0.4, -0.2) is 17.3 Å². The van der Waals surface area contributed by atoms with Crippen molar-refractivity contribution in [2.45, 2.75) is 50.2 Å². The highest BCUT2D eigenvalue weighted by Crippen LogP contribution is 2.32. The normalized spacial score (nSPS) is 17.1. The molecule has 0 spiro atoms. The summed E-state index contributed by atoms with van der Waals surface area (Å²) in [5.41, 5.74) is 1.21. The number of rotatable bonds is 5. The van der Waals surface area contributed by atoms with Gasteiger partial charge in [0, 0.05) is 22.4 Å². The van der Waals surface area contributed by atoms with Gasteiger partial charge >= 0.3 is 0 Å². The predicted molar refractivity (Wildman–Crippen MR) is 73.2 cm³/mol. The lowest BCUT2D eigenvalue weighted by molar-refractivity contribution is 0.822. The number of nitrogens with one attached hydrogen (secondary N) is 1. The molecule has 90 valence electrons. The molecule has 0 amide bonds. The Morgan fingerprint density at radius 1 is 1.44 bits per heavy atom. The van der Waals surface area contributed by atoms with Crippen molar-refractivity contribution in [1.82, 2.24) is 10.3 Å². The van der Waals surface area contributed by atoms with Gasteiger partial charge in [0.2, 0.25) is 0 Å². The van der Waals surface area contributed by atoms with Crippen molar-refractivity contribution in [3.8, 4) is 0 Å². The first kappa shape index (κ1) is 12.4. The molecule has 2 nitrogen and oxygen atoms in total. The zero-order valence-electron chi connectivity index (χ0n) is 10.1. The van der Waals surface area contributed by atoms with E-state index in [1.165, 1.54) is 41.3 Å². The minimum atomic E-state index is 0.900. The fourth-order valence-corrected chi connectivity index (χ4v) is 4.54. The highest BCUT2D eigenvalue weighted by atomic mass is 32.2. The number of aryl methyl sites for hydroxylation is 1. The Labute approximate surface area is 106 Å². The second-order valence-electron chi connectivity index (χ2n) is 4.36. The third kappa shape index (κ3) is 3.22. The number of thioether (sulfide) groups is 1. The fraction of sp³-hybridized carbons (Fsp3) is 0.750. The van der Waals surface area contributed by atoms with E-state index in [2.05, 4.69) is 29.0 Å². The van der Waals surface area contributed by atoms with Gasteiger partial charge in [-0.3, -0.25) is 0 Å². The Morgan fingerprint density at radius 2 is 2.19 bits per heavy atom. The zero-order valence-corrected chi connectivity index (χ0v) is 11.7. The van der Waals surface area contributed by atoms with Gasteiger partial charge in [-0.05, 0) is 26.8 Å². The number of hydrogen-bond acceptors (Lipinski definition) is 4. The lowest BCUT2D eigenvalue weighted by atomic mass is 10.4. The van der Waals surface area contributed by atoms with Gasteiger partial charge in [-0.1, -0.05) is 12.8 Å². The van der Waals surface area contributed by atoms with Gasteiger partial charge < -0.3 is 5.32 Å². The van der Waals surface area contributed by atoms with Gasteiger partial charge in [0.15, 0.2) is 0 Å². The molecule has 0 aliphatic heterocycles. The van der Waals surface area contributed by atoms with Crippen LogP contribution in [-0.2, 0) is 12.3 Å². The van der Waals surface area contributed by atoms with E-state index in [1.807, 2.05) is 18.4 Å². The molecule has 0 atom stereocenters. The van der Waals surface area contributed by atoms with Crippen molar-refractivity contribution < 1.29 is 0 Å². The molecule has 1 N–H and O–H groups in total. The Bertz CT molecular complexity index is 330. The van der Waals surface area contributed by atoms with E-state index in [0.29, 0.717) is 0 Å². The molecule has 0 saturated heterocycles. The number of aromatic nitrogens is 1. The largest absolute Gasteiger partial charge is 0.315 e. The summed E-state index contributed by atoms with van der Waals surface area (Å²) in [4.78, 5) is 6.04. The van der Waals surface area contributed by atoms with Gasteiger partial charge in [-0.15, -0.1) is 11.3 Å². The van der Waals surface area contributed by atoms with Crippen molar-refractivity contribution in [1.29, 1.82) is 0 Å². The number of nitrogens with zero attached hydrogens (tertiary/aromatic N) is 1.